The van der Waals surface area contributed by atoms with Crippen LogP contribution in [0.5, 0.6) is 5.75 Å². The van der Waals surface area contributed by atoms with Gasteiger partial charge in [-0.15, -0.1) is 6.58 Å². The zero-order valence-corrected chi connectivity index (χ0v) is 21.4. The highest BCUT2D eigenvalue weighted by molar-refractivity contribution is 6.50. The number of ether oxygens (including phenoxy) is 1. The van der Waals surface area contributed by atoms with Crippen molar-refractivity contribution in [2.45, 2.75) is 31.4 Å². The summed E-state index contributed by atoms with van der Waals surface area (Å²) in [6.45, 7) is 6.78. The molecule has 3 aliphatic rings. The average molecular weight is 502 g/mol. The topological polar surface area (TPSA) is 90.4 Å². The number of carbonyl (C=O) groups excluding carboxylic acids is 3. The van der Waals surface area contributed by atoms with E-state index in [0.29, 0.717) is 36.2 Å². The second kappa shape index (κ2) is 9.19. The number of para-hydroxylation sites is 1. The molecule has 1 spiro atoms. The number of aliphatic hydroxyl groups excluding tert-OH is 1. The lowest BCUT2D eigenvalue weighted by Gasteiger charge is -2.34. The molecule has 0 aromatic heterocycles. The van der Waals surface area contributed by atoms with Gasteiger partial charge >= 0.3 is 0 Å². The number of fused-ring (bicyclic) bond motifs is 3. The monoisotopic (exact) mass is 501 g/mol. The largest absolute Gasteiger partial charge is 0.507 e. The molecule has 8 heteroatoms. The Morgan fingerprint density at radius 1 is 1.22 bits per heavy atom. The maximum atomic E-state index is 14.3. The molecule has 3 aliphatic heterocycles. The second-order valence-electron chi connectivity index (χ2n) is 10.1. The summed E-state index contributed by atoms with van der Waals surface area (Å²) in [6, 6.07) is 12.3. The number of aliphatic hydroxyl groups is 1. The third-order valence-corrected chi connectivity index (χ3v) is 7.28. The van der Waals surface area contributed by atoms with Crippen molar-refractivity contribution < 1.29 is 24.2 Å². The van der Waals surface area contributed by atoms with Crippen LogP contribution in [0.2, 0.25) is 0 Å². The Bertz CT molecular complexity index is 1350. The molecule has 8 nitrogen and oxygen atoms in total. The molecular formula is C29H31N3O5. The molecule has 192 valence electrons. The SMILES string of the molecule is C=CCN1C(=O)[C@@]2(C(=C(O)c3ccc4c(c3)C[C@H](C)O4)C(=O)C(=O)N2CCCN(C)C)c2ccccc21. The van der Waals surface area contributed by atoms with Crippen LogP contribution >= 0.6 is 0 Å². The molecule has 2 aromatic carbocycles. The number of rotatable bonds is 7. The Morgan fingerprint density at radius 2 is 1.97 bits per heavy atom. The maximum Gasteiger partial charge on any atom is 0.296 e. The molecular weight excluding hydrogens is 470 g/mol. The zero-order chi connectivity index (χ0) is 26.5. The van der Waals surface area contributed by atoms with Gasteiger partial charge in [0.2, 0.25) is 0 Å². The molecule has 1 fully saturated rings. The van der Waals surface area contributed by atoms with E-state index in [9.17, 15) is 19.5 Å². The van der Waals surface area contributed by atoms with Crippen molar-refractivity contribution in [3.63, 3.8) is 0 Å². The average Bonchev–Trinajstić information content (AvgIpc) is 3.44. The highest BCUT2D eigenvalue weighted by Crippen LogP contribution is 2.53. The first-order valence-corrected chi connectivity index (χ1v) is 12.5. The molecule has 0 bridgehead atoms. The molecule has 2 atom stereocenters. The molecule has 2 aromatic rings. The van der Waals surface area contributed by atoms with E-state index in [4.69, 9.17) is 4.74 Å². The highest BCUT2D eigenvalue weighted by atomic mass is 16.5. The number of benzene rings is 2. The van der Waals surface area contributed by atoms with Crippen molar-refractivity contribution in [1.82, 2.24) is 9.80 Å². The van der Waals surface area contributed by atoms with E-state index in [-0.39, 0.29) is 30.5 Å². The van der Waals surface area contributed by atoms with Crippen LogP contribution in [0.15, 0.2) is 60.7 Å². The summed E-state index contributed by atoms with van der Waals surface area (Å²) in [7, 11) is 3.84. The molecule has 0 radical (unpaired) electrons. The van der Waals surface area contributed by atoms with E-state index >= 15 is 0 Å². The lowest BCUT2D eigenvalue weighted by atomic mass is 9.81. The van der Waals surface area contributed by atoms with Gasteiger partial charge in [-0.05, 0) is 63.8 Å². The Kier molecular flexibility index (Phi) is 6.15. The zero-order valence-electron chi connectivity index (χ0n) is 21.4. The fraction of sp³-hybridized carbons (Fsp3) is 0.345. The number of ketones is 1. The van der Waals surface area contributed by atoms with Crippen molar-refractivity contribution in [3.8, 4) is 5.75 Å². The Balaban J connectivity index is 1.74. The van der Waals surface area contributed by atoms with Gasteiger partial charge in [-0.3, -0.25) is 14.4 Å². The number of hydrogen-bond acceptors (Lipinski definition) is 6. The van der Waals surface area contributed by atoms with Gasteiger partial charge in [0.15, 0.2) is 5.54 Å². The first kappa shape index (κ1) is 24.8. The third kappa shape index (κ3) is 3.66. The number of hydrogen-bond donors (Lipinski definition) is 1. The third-order valence-electron chi connectivity index (χ3n) is 7.28. The van der Waals surface area contributed by atoms with Gasteiger partial charge in [0.1, 0.15) is 17.6 Å². The molecule has 37 heavy (non-hydrogen) atoms. The number of anilines is 1. The van der Waals surface area contributed by atoms with Crippen LogP contribution in [-0.4, -0.2) is 72.3 Å². The van der Waals surface area contributed by atoms with Gasteiger partial charge in [0.25, 0.3) is 17.6 Å². The van der Waals surface area contributed by atoms with Crippen LogP contribution in [0.3, 0.4) is 0 Å². The normalized spacial score (nSPS) is 23.7. The van der Waals surface area contributed by atoms with Crippen LogP contribution in [0, 0.1) is 0 Å². The molecule has 3 heterocycles. The summed E-state index contributed by atoms with van der Waals surface area (Å²) in [4.78, 5) is 46.4. The highest BCUT2D eigenvalue weighted by Gasteiger charge is 2.66. The number of likely N-dealkylation sites (tertiary alicyclic amines) is 1. The first-order valence-electron chi connectivity index (χ1n) is 12.5. The number of carbonyl (C=O) groups is 3. The van der Waals surface area contributed by atoms with Gasteiger partial charge < -0.3 is 24.5 Å². The summed E-state index contributed by atoms with van der Waals surface area (Å²) in [6.07, 6.45) is 2.82. The van der Waals surface area contributed by atoms with E-state index in [1.807, 2.05) is 25.9 Å². The summed E-state index contributed by atoms with van der Waals surface area (Å²) >= 11 is 0. The van der Waals surface area contributed by atoms with E-state index in [1.165, 1.54) is 9.80 Å². The van der Waals surface area contributed by atoms with Crippen molar-refractivity contribution in [1.29, 1.82) is 0 Å². The predicted octanol–water partition coefficient (Wildman–Crippen LogP) is 3.07. The summed E-state index contributed by atoms with van der Waals surface area (Å²) in [5.74, 6) is -1.74. The number of amides is 2. The van der Waals surface area contributed by atoms with E-state index in [0.717, 1.165) is 11.3 Å². The Labute approximate surface area is 216 Å². The maximum absolute atomic E-state index is 14.3. The minimum Gasteiger partial charge on any atom is -0.507 e. The minimum absolute atomic E-state index is 0.00372. The lowest BCUT2D eigenvalue weighted by Crippen LogP contribution is -2.52. The van der Waals surface area contributed by atoms with Crippen molar-refractivity contribution in [3.05, 3.63) is 77.4 Å². The lowest BCUT2D eigenvalue weighted by molar-refractivity contribution is -0.143. The molecule has 0 saturated carbocycles. The second-order valence-corrected chi connectivity index (χ2v) is 10.1. The van der Waals surface area contributed by atoms with Crippen molar-refractivity contribution in [2.24, 2.45) is 0 Å². The molecule has 1 N–H and O–H groups in total. The smallest absolute Gasteiger partial charge is 0.296 e. The van der Waals surface area contributed by atoms with Gasteiger partial charge in [-0.25, -0.2) is 0 Å². The molecule has 0 aliphatic carbocycles. The van der Waals surface area contributed by atoms with Gasteiger partial charge in [-0.1, -0.05) is 24.3 Å². The van der Waals surface area contributed by atoms with Crippen LogP contribution in [-0.2, 0) is 26.3 Å². The minimum atomic E-state index is -1.76. The van der Waals surface area contributed by atoms with Crippen LogP contribution in [0.4, 0.5) is 5.69 Å². The van der Waals surface area contributed by atoms with Crippen molar-refractivity contribution in [2.75, 3.05) is 38.6 Å². The van der Waals surface area contributed by atoms with Gasteiger partial charge in [0.05, 0.1) is 11.3 Å². The number of nitrogens with zero attached hydrogens (tertiary/aromatic N) is 3. The fourth-order valence-electron chi connectivity index (χ4n) is 5.74. The fourth-order valence-corrected chi connectivity index (χ4v) is 5.74. The Morgan fingerprint density at radius 3 is 2.70 bits per heavy atom. The standard InChI is InChI=1S/C29H31N3O5/c1-5-13-31-22-10-7-6-9-21(22)29(28(31)36)24(26(34)27(35)32(29)15-8-14-30(3)4)25(33)19-11-12-23-20(17-19)16-18(2)37-23/h5-7,9-12,17-18,33H,1,8,13-16H2,2-4H3/t18-,29-/m0/s1. The number of Topliss-reactive ketones (excluding diaryl/α,β-unsaturated/α-hetero) is 1. The molecule has 2 amide bonds. The molecule has 0 unspecified atom stereocenters. The van der Waals surface area contributed by atoms with Gasteiger partial charge in [0, 0.05) is 30.6 Å². The summed E-state index contributed by atoms with van der Waals surface area (Å²) in [5, 5.41) is 11.7. The summed E-state index contributed by atoms with van der Waals surface area (Å²) in [5.41, 5.74) is 0.414. The van der Waals surface area contributed by atoms with Crippen LogP contribution in [0.1, 0.15) is 30.0 Å². The molecule has 5 rings (SSSR count). The predicted molar refractivity (Wildman–Crippen MR) is 140 cm³/mol. The Hall–Kier alpha value is -3.91. The van der Waals surface area contributed by atoms with Gasteiger partial charge in [-0.2, -0.15) is 0 Å². The molecule has 1 saturated heterocycles. The first-order chi connectivity index (χ1) is 17.7. The van der Waals surface area contributed by atoms with Crippen LogP contribution < -0.4 is 9.64 Å². The van der Waals surface area contributed by atoms with E-state index < -0.39 is 23.1 Å². The van der Waals surface area contributed by atoms with E-state index in [2.05, 4.69) is 6.58 Å². The summed E-state index contributed by atoms with van der Waals surface area (Å²) < 4.78 is 5.78. The quantitative estimate of drug-likeness (QED) is 0.272. The van der Waals surface area contributed by atoms with Crippen LogP contribution in [0.25, 0.3) is 5.76 Å². The van der Waals surface area contributed by atoms with Crippen molar-refractivity contribution >= 4 is 29.0 Å². The van der Waals surface area contributed by atoms with E-state index in [1.54, 1.807) is 48.5 Å².